The lowest BCUT2D eigenvalue weighted by Crippen LogP contribution is -2.19. The van der Waals surface area contributed by atoms with Crippen molar-refractivity contribution in [1.82, 2.24) is 10.3 Å². The Bertz CT molecular complexity index is 314. The molecule has 1 amide bonds. The summed E-state index contributed by atoms with van der Waals surface area (Å²) in [7, 11) is 1.54. The van der Waals surface area contributed by atoms with Crippen LogP contribution in [0.15, 0.2) is 16.7 Å². The van der Waals surface area contributed by atoms with Crippen LogP contribution < -0.4 is 11.1 Å². The Morgan fingerprint density at radius 3 is 3.00 bits per heavy atom. The van der Waals surface area contributed by atoms with Crippen LogP contribution >= 0.6 is 15.9 Å². The van der Waals surface area contributed by atoms with Gasteiger partial charge in [0.2, 0.25) is 0 Å². The van der Waals surface area contributed by atoms with Crippen molar-refractivity contribution in [3.05, 3.63) is 22.3 Å². The lowest BCUT2D eigenvalue weighted by molar-refractivity contribution is 0.0963. The molecule has 0 atom stereocenters. The predicted octanol–water partition coefficient (Wildman–Crippen LogP) is 0.786. The second kappa shape index (κ2) is 3.53. The van der Waals surface area contributed by atoms with Gasteiger partial charge in [0, 0.05) is 17.7 Å². The molecule has 1 aromatic rings. The fraction of sp³-hybridized carbons (Fsp3) is 0.143. The summed E-state index contributed by atoms with van der Waals surface area (Å²) in [5, 5.41) is 2.47. The summed E-state index contributed by atoms with van der Waals surface area (Å²) >= 11 is 3.20. The minimum absolute atomic E-state index is 0.234. The van der Waals surface area contributed by atoms with Gasteiger partial charge in [-0.3, -0.25) is 4.79 Å². The van der Waals surface area contributed by atoms with Crippen molar-refractivity contribution in [2.24, 2.45) is 0 Å². The SMILES string of the molecule is CNC(=O)c1cc(Br)cnc1N. The summed E-state index contributed by atoms with van der Waals surface area (Å²) in [6.45, 7) is 0. The summed E-state index contributed by atoms with van der Waals surface area (Å²) in [5.41, 5.74) is 5.85. The molecule has 0 aliphatic heterocycles. The highest BCUT2D eigenvalue weighted by atomic mass is 79.9. The number of nitrogens with zero attached hydrogens (tertiary/aromatic N) is 1. The fourth-order valence-electron chi connectivity index (χ4n) is 0.766. The highest BCUT2D eigenvalue weighted by Crippen LogP contribution is 2.14. The monoisotopic (exact) mass is 229 g/mol. The average Bonchev–Trinajstić information content (AvgIpc) is 2.08. The van der Waals surface area contributed by atoms with Crippen LogP contribution in [0, 0.1) is 0 Å². The second-order valence-corrected chi connectivity index (χ2v) is 3.08. The van der Waals surface area contributed by atoms with E-state index < -0.39 is 0 Å². The van der Waals surface area contributed by atoms with Crippen molar-refractivity contribution in [2.75, 3.05) is 12.8 Å². The number of carbonyl (C=O) groups is 1. The average molecular weight is 230 g/mol. The first-order valence-corrected chi connectivity index (χ1v) is 4.07. The Morgan fingerprint density at radius 2 is 2.42 bits per heavy atom. The zero-order chi connectivity index (χ0) is 9.14. The van der Waals surface area contributed by atoms with Crippen LogP contribution in [0.2, 0.25) is 0 Å². The van der Waals surface area contributed by atoms with Gasteiger partial charge in [0.1, 0.15) is 5.82 Å². The Kier molecular flexibility index (Phi) is 2.65. The van der Waals surface area contributed by atoms with Gasteiger partial charge in [-0.2, -0.15) is 0 Å². The fourth-order valence-corrected chi connectivity index (χ4v) is 1.10. The molecule has 0 aliphatic carbocycles. The summed E-state index contributed by atoms with van der Waals surface area (Å²) in [4.78, 5) is 15.0. The third-order valence-electron chi connectivity index (χ3n) is 1.36. The molecule has 0 aromatic carbocycles. The van der Waals surface area contributed by atoms with Crippen molar-refractivity contribution >= 4 is 27.7 Å². The Morgan fingerprint density at radius 1 is 1.75 bits per heavy atom. The highest BCUT2D eigenvalue weighted by molar-refractivity contribution is 9.10. The first-order chi connectivity index (χ1) is 5.65. The van der Waals surface area contributed by atoms with Gasteiger partial charge in [0.05, 0.1) is 5.56 Å². The van der Waals surface area contributed by atoms with Gasteiger partial charge >= 0.3 is 0 Å². The third kappa shape index (κ3) is 1.73. The number of hydrogen-bond donors (Lipinski definition) is 2. The maximum absolute atomic E-state index is 11.1. The molecular formula is C7H8BrN3O. The molecule has 1 heterocycles. The van der Waals surface area contributed by atoms with Gasteiger partial charge in [-0.25, -0.2) is 4.98 Å². The van der Waals surface area contributed by atoms with Crippen LogP contribution in [0.1, 0.15) is 10.4 Å². The number of nitrogen functional groups attached to an aromatic ring is 1. The van der Waals surface area contributed by atoms with Gasteiger partial charge in [-0.1, -0.05) is 0 Å². The Balaban J connectivity index is 3.13. The number of aromatic nitrogens is 1. The van der Waals surface area contributed by atoms with Gasteiger partial charge in [0.15, 0.2) is 0 Å². The van der Waals surface area contributed by atoms with Crippen LogP contribution in [0.5, 0.6) is 0 Å². The van der Waals surface area contributed by atoms with E-state index in [9.17, 15) is 4.79 Å². The molecule has 0 saturated heterocycles. The van der Waals surface area contributed by atoms with Gasteiger partial charge < -0.3 is 11.1 Å². The van der Waals surface area contributed by atoms with Crippen molar-refractivity contribution < 1.29 is 4.79 Å². The minimum Gasteiger partial charge on any atom is -0.383 e. The first kappa shape index (κ1) is 8.99. The molecule has 0 unspecified atom stereocenters. The van der Waals surface area contributed by atoms with Gasteiger partial charge in [0.25, 0.3) is 5.91 Å². The number of halogens is 1. The van der Waals surface area contributed by atoms with Gasteiger partial charge in [-0.05, 0) is 22.0 Å². The van der Waals surface area contributed by atoms with Crippen molar-refractivity contribution in [3.63, 3.8) is 0 Å². The Labute approximate surface area is 78.3 Å². The van der Waals surface area contributed by atoms with E-state index in [1.807, 2.05) is 0 Å². The Hall–Kier alpha value is -1.10. The molecule has 3 N–H and O–H groups in total. The standard InChI is InChI=1S/C7H8BrN3O/c1-10-7(12)5-2-4(8)3-11-6(5)9/h2-3H,1H3,(H2,9,11)(H,10,12). The molecule has 0 spiro atoms. The lowest BCUT2D eigenvalue weighted by Gasteiger charge is -2.02. The number of amides is 1. The summed E-state index contributed by atoms with van der Waals surface area (Å²) in [6.07, 6.45) is 1.54. The van der Waals surface area contributed by atoms with Crippen LogP contribution in [0.25, 0.3) is 0 Å². The van der Waals surface area contributed by atoms with Crippen molar-refractivity contribution in [3.8, 4) is 0 Å². The molecule has 0 bridgehead atoms. The minimum atomic E-state index is -0.235. The molecule has 12 heavy (non-hydrogen) atoms. The second-order valence-electron chi connectivity index (χ2n) is 2.17. The zero-order valence-corrected chi connectivity index (χ0v) is 8.05. The van der Waals surface area contributed by atoms with Crippen molar-refractivity contribution in [1.29, 1.82) is 0 Å². The van der Waals surface area contributed by atoms with E-state index in [-0.39, 0.29) is 11.7 Å². The molecular weight excluding hydrogens is 222 g/mol. The maximum atomic E-state index is 11.1. The van der Waals surface area contributed by atoms with Gasteiger partial charge in [-0.15, -0.1) is 0 Å². The number of hydrogen-bond acceptors (Lipinski definition) is 3. The number of carbonyl (C=O) groups excluding carboxylic acids is 1. The normalized spacial score (nSPS) is 9.50. The van der Waals surface area contributed by atoms with Crippen molar-refractivity contribution in [2.45, 2.75) is 0 Å². The van der Waals surface area contributed by atoms with E-state index in [1.165, 1.54) is 0 Å². The van der Waals surface area contributed by atoms with E-state index >= 15 is 0 Å². The van der Waals surface area contributed by atoms with Crippen LogP contribution in [-0.2, 0) is 0 Å². The molecule has 4 nitrogen and oxygen atoms in total. The van der Waals surface area contributed by atoms with E-state index in [1.54, 1.807) is 19.3 Å². The summed E-state index contributed by atoms with van der Waals surface area (Å²) < 4.78 is 0.732. The number of nitrogens with two attached hydrogens (primary N) is 1. The van der Waals surface area contributed by atoms with E-state index in [2.05, 4.69) is 26.2 Å². The third-order valence-corrected chi connectivity index (χ3v) is 1.79. The summed E-state index contributed by atoms with van der Waals surface area (Å²) in [5.74, 6) is -0.00106. The lowest BCUT2D eigenvalue weighted by atomic mass is 10.2. The van der Waals surface area contributed by atoms with E-state index in [4.69, 9.17) is 5.73 Å². The van der Waals surface area contributed by atoms with E-state index in [0.717, 1.165) is 4.47 Å². The molecule has 0 fully saturated rings. The molecule has 1 rings (SSSR count). The highest BCUT2D eigenvalue weighted by Gasteiger charge is 2.08. The molecule has 0 saturated carbocycles. The zero-order valence-electron chi connectivity index (χ0n) is 6.47. The number of nitrogens with one attached hydrogen (secondary N) is 1. The molecule has 5 heteroatoms. The van der Waals surface area contributed by atoms with E-state index in [0.29, 0.717) is 5.56 Å². The maximum Gasteiger partial charge on any atom is 0.254 e. The molecule has 0 aliphatic rings. The number of pyridine rings is 1. The molecule has 64 valence electrons. The van der Waals surface area contributed by atoms with Crippen LogP contribution in [0.3, 0.4) is 0 Å². The van der Waals surface area contributed by atoms with Crippen LogP contribution in [-0.4, -0.2) is 17.9 Å². The van der Waals surface area contributed by atoms with Crippen LogP contribution in [0.4, 0.5) is 5.82 Å². The molecule has 0 radical (unpaired) electrons. The smallest absolute Gasteiger partial charge is 0.254 e. The molecule has 1 aromatic heterocycles. The number of anilines is 1. The topological polar surface area (TPSA) is 68.0 Å². The number of rotatable bonds is 1. The quantitative estimate of drug-likeness (QED) is 0.749. The predicted molar refractivity (Wildman–Crippen MR) is 49.7 cm³/mol. The largest absolute Gasteiger partial charge is 0.383 e. The summed E-state index contributed by atoms with van der Waals surface area (Å²) in [6, 6.07) is 1.63. The first-order valence-electron chi connectivity index (χ1n) is 3.28.